The lowest BCUT2D eigenvalue weighted by Gasteiger charge is -2.30. The van der Waals surface area contributed by atoms with E-state index < -0.39 is 0 Å². The SMILES string of the molecule is CN1CCCC(c2cccc3c2CC(=O)N3)C1. The fourth-order valence-corrected chi connectivity index (χ4v) is 3.08. The Morgan fingerprint density at radius 1 is 1.41 bits per heavy atom. The van der Waals surface area contributed by atoms with E-state index in [-0.39, 0.29) is 5.91 Å². The summed E-state index contributed by atoms with van der Waals surface area (Å²) >= 11 is 0. The number of likely N-dealkylation sites (tertiary alicyclic amines) is 1. The lowest BCUT2D eigenvalue weighted by atomic mass is 9.87. The summed E-state index contributed by atoms with van der Waals surface area (Å²) < 4.78 is 0. The van der Waals surface area contributed by atoms with Crippen LogP contribution >= 0.6 is 0 Å². The number of carbonyl (C=O) groups is 1. The summed E-state index contributed by atoms with van der Waals surface area (Å²) in [6.45, 7) is 2.31. The molecule has 2 heterocycles. The quantitative estimate of drug-likeness (QED) is 0.800. The average molecular weight is 230 g/mol. The van der Waals surface area contributed by atoms with Gasteiger partial charge in [-0.25, -0.2) is 0 Å². The van der Waals surface area contributed by atoms with Crippen molar-refractivity contribution in [3.63, 3.8) is 0 Å². The van der Waals surface area contributed by atoms with E-state index in [1.807, 2.05) is 6.07 Å². The first-order valence-electron chi connectivity index (χ1n) is 6.34. The van der Waals surface area contributed by atoms with Crippen LogP contribution in [0.15, 0.2) is 18.2 Å². The van der Waals surface area contributed by atoms with Crippen LogP contribution in [0, 0.1) is 0 Å². The molecule has 2 aliphatic rings. The molecule has 0 spiro atoms. The van der Waals surface area contributed by atoms with Gasteiger partial charge in [-0.2, -0.15) is 0 Å². The van der Waals surface area contributed by atoms with Crippen molar-refractivity contribution in [3.8, 4) is 0 Å². The van der Waals surface area contributed by atoms with Gasteiger partial charge in [0.1, 0.15) is 0 Å². The Morgan fingerprint density at radius 3 is 3.12 bits per heavy atom. The van der Waals surface area contributed by atoms with Gasteiger partial charge in [0.15, 0.2) is 0 Å². The summed E-state index contributed by atoms with van der Waals surface area (Å²) in [5.41, 5.74) is 3.64. The molecule has 3 nitrogen and oxygen atoms in total. The number of anilines is 1. The van der Waals surface area contributed by atoms with Gasteiger partial charge in [-0.1, -0.05) is 12.1 Å². The zero-order chi connectivity index (χ0) is 11.8. The number of benzene rings is 1. The van der Waals surface area contributed by atoms with Crippen LogP contribution in [0.5, 0.6) is 0 Å². The lowest BCUT2D eigenvalue weighted by molar-refractivity contribution is -0.115. The topological polar surface area (TPSA) is 32.3 Å². The van der Waals surface area contributed by atoms with E-state index >= 15 is 0 Å². The van der Waals surface area contributed by atoms with Crippen molar-refractivity contribution in [2.45, 2.75) is 25.2 Å². The number of nitrogens with one attached hydrogen (secondary N) is 1. The van der Waals surface area contributed by atoms with Gasteiger partial charge in [-0.05, 0) is 49.5 Å². The summed E-state index contributed by atoms with van der Waals surface area (Å²) in [5.74, 6) is 0.730. The van der Waals surface area contributed by atoms with Crippen LogP contribution < -0.4 is 5.32 Å². The van der Waals surface area contributed by atoms with Crippen LogP contribution in [0.4, 0.5) is 5.69 Å². The molecule has 0 aromatic heterocycles. The summed E-state index contributed by atoms with van der Waals surface area (Å²) in [7, 11) is 2.18. The number of hydrogen-bond donors (Lipinski definition) is 1. The molecule has 0 bridgehead atoms. The molecule has 0 saturated carbocycles. The minimum absolute atomic E-state index is 0.136. The normalized spacial score (nSPS) is 24.5. The van der Waals surface area contributed by atoms with Gasteiger partial charge >= 0.3 is 0 Å². The molecule has 1 N–H and O–H groups in total. The van der Waals surface area contributed by atoms with Crippen LogP contribution in [0.25, 0.3) is 0 Å². The van der Waals surface area contributed by atoms with Crippen molar-refractivity contribution in [3.05, 3.63) is 29.3 Å². The van der Waals surface area contributed by atoms with E-state index in [1.54, 1.807) is 0 Å². The second-order valence-corrected chi connectivity index (χ2v) is 5.20. The Labute approximate surface area is 102 Å². The molecular formula is C14H18N2O. The van der Waals surface area contributed by atoms with Gasteiger partial charge in [0.2, 0.25) is 5.91 Å². The first-order chi connectivity index (χ1) is 8.24. The first kappa shape index (κ1) is 10.8. The summed E-state index contributed by atoms with van der Waals surface area (Å²) in [4.78, 5) is 13.9. The van der Waals surface area contributed by atoms with Gasteiger partial charge in [0, 0.05) is 12.2 Å². The standard InChI is InChI=1S/C14H18N2O/c1-16-7-3-4-10(9-16)11-5-2-6-13-12(11)8-14(17)15-13/h2,5-6,10H,3-4,7-9H2,1H3,(H,15,17). The lowest BCUT2D eigenvalue weighted by Crippen LogP contribution is -2.31. The second kappa shape index (κ2) is 4.15. The van der Waals surface area contributed by atoms with Crippen molar-refractivity contribution < 1.29 is 4.79 Å². The minimum atomic E-state index is 0.136. The Kier molecular flexibility index (Phi) is 2.63. The molecule has 1 unspecified atom stereocenters. The highest BCUT2D eigenvalue weighted by molar-refractivity contribution is 5.99. The number of amides is 1. The number of fused-ring (bicyclic) bond motifs is 1. The maximum Gasteiger partial charge on any atom is 0.228 e. The molecule has 1 amide bonds. The van der Waals surface area contributed by atoms with Gasteiger partial charge in [-0.3, -0.25) is 4.79 Å². The van der Waals surface area contributed by atoms with Crippen LogP contribution in [0.3, 0.4) is 0 Å². The molecule has 0 radical (unpaired) electrons. The highest BCUT2D eigenvalue weighted by Gasteiger charge is 2.26. The Morgan fingerprint density at radius 2 is 2.29 bits per heavy atom. The van der Waals surface area contributed by atoms with E-state index in [2.05, 4.69) is 29.4 Å². The third-order valence-electron chi connectivity index (χ3n) is 3.89. The molecule has 1 fully saturated rings. The van der Waals surface area contributed by atoms with Gasteiger partial charge in [0.25, 0.3) is 0 Å². The smallest absolute Gasteiger partial charge is 0.228 e. The summed E-state index contributed by atoms with van der Waals surface area (Å²) in [5, 5.41) is 2.94. The average Bonchev–Trinajstić information content (AvgIpc) is 2.68. The zero-order valence-electron chi connectivity index (χ0n) is 10.2. The number of hydrogen-bond acceptors (Lipinski definition) is 2. The van der Waals surface area contributed by atoms with Crippen molar-refractivity contribution in [1.29, 1.82) is 0 Å². The molecule has 90 valence electrons. The van der Waals surface area contributed by atoms with E-state index in [1.165, 1.54) is 30.5 Å². The number of nitrogens with zero attached hydrogens (tertiary/aromatic N) is 1. The van der Waals surface area contributed by atoms with E-state index in [4.69, 9.17) is 0 Å². The monoisotopic (exact) mass is 230 g/mol. The molecule has 1 aromatic rings. The third kappa shape index (κ3) is 1.95. The van der Waals surface area contributed by atoms with Crippen molar-refractivity contribution in [2.24, 2.45) is 0 Å². The van der Waals surface area contributed by atoms with Crippen molar-refractivity contribution in [2.75, 3.05) is 25.5 Å². The van der Waals surface area contributed by atoms with Crippen LogP contribution in [0.2, 0.25) is 0 Å². The van der Waals surface area contributed by atoms with Crippen LogP contribution in [0.1, 0.15) is 29.9 Å². The molecule has 0 aliphatic carbocycles. The first-order valence-corrected chi connectivity index (χ1v) is 6.34. The van der Waals surface area contributed by atoms with E-state index in [9.17, 15) is 4.79 Å². The molecule has 1 aromatic carbocycles. The molecule has 1 atom stereocenters. The van der Waals surface area contributed by atoms with Crippen molar-refractivity contribution in [1.82, 2.24) is 4.90 Å². The predicted molar refractivity (Wildman–Crippen MR) is 68.2 cm³/mol. The second-order valence-electron chi connectivity index (χ2n) is 5.20. The van der Waals surface area contributed by atoms with Crippen LogP contribution in [-0.2, 0) is 11.2 Å². The zero-order valence-corrected chi connectivity index (χ0v) is 10.2. The third-order valence-corrected chi connectivity index (χ3v) is 3.89. The van der Waals surface area contributed by atoms with Gasteiger partial charge in [0.05, 0.1) is 6.42 Å². The van der Waals surface area contributed by atoms with Gasteiger partial charge in [-0.15, -0.1) is 0 Å². The predicted octanol–water partition coefficient (Wildman–Crippen LogP) is 1.99. The Bertz CT molecular complexity index is 456. The Balaban J connectivity index is 1.93. The van der Waals surface area contributed by atoms with E-state index in [0.29, 0.717) is 12.3 Å². The summed E-state index contributed by atoms with van der Waals surface area (Å²) in [6, 6.07) is 6.27. The fourth-order valence-electron chi connectivity index (χ4n) is 3.08. The number of piperidine rings is 1. The van der Waals surface area contributed by atoms with Crippen molar-refractivity contribution >= 4 is 11.6 Å². The minimum Gasteiger partial charge on any atom is -0.326 e. The highest BCUT2D eigenvalue weighted by atomic mass is 16.1. The number of likely N-dealkylation sites (N-methyl/N-ethyl adjacent to an activating group) is 1. The highest BCUT2D eigenvalue weighted by Crippen LogP contribution is 2.34. The van der Waals surface area contributed by atoms with Gasteiger partial charge < -0.3 is 10.2 Å². The Hall–Kier alpha value is -1.35. The largest absolute Gasteiger partial charge is 0.326 e. The molecule has 2 aliphatic heterocycles. The number of rotatable bonds is 1. The molecule has 1 saturated heterocycles. The molecule has 17 heavy (non-hydrogen) atoms. The maximum atomic E-state index is 11.5. The van der Waals surface area contributed by atoms with Crippen LogP contribution in [-0.4, -0.2) is 30.9 Å². The van der Waals surface area contributed by atoms with E-state index in [0.717, 1.165) is 12.2 Å². The molecular weight excluding hydrogens is 212 g/mol. The molecule has 3 heteroatoms. The fraction of sp³-hybridized carbons (Fsp3) is 0.500. The maximum absolute atomic E-state index is 11.5. The molecule has 3 rings (SSSR count). The summed E-state index contributed by atoms with van der Waals surface area (Å²) in [6.07, 6.45) is 3.06. The number of carbonyl (C=O) groups excluding carboxylic acids is 1.